The number of nitrogens with one attached hydrogen (secondary N) is 1. The zero-order valence-electron chi connectivity index (χ0n) is 14.9. The largest absolute Gasteiger partial charge is 0.465 e. The summed E-state index contributed by atoms with van der Waals surface area (Å²) in [5, 5.41) is 4.91. The van der Waals surface area contributed by atoms with Crippen molar-refractivity contribution >= 4 is 39.6 Å². The van der Waals surface area contributed by atoms with Crippen LogP contribution in [0.25, 0.3) is 0 Å². The number of fused-ring (bicyclic) bond motifs is 1. The molecule has 1 aromatic rings. The highest BCUT2D eigenvalue weighted by molar-refractivity contribution is 7.80. The maximum absolute atomic E-state index is 12.4. The smallest absolute Gasteiger partial charge is 0.341 e. The van der Waals surface area contributed by atoms with E-state index in [0.717, 1.165) is 50.2 Å². The lowest BCUT2D eigenvalue weighted by atomic mass is 10.1. The maximum atomic E-state index is 12.4. The first-order valence-corrected chi connectivity index (χ1v) is 10.1. The van der Waals surface area contributed by atoms with Gasteiger partial charge in [0.1, 0.15) is 5.00 Å². The van der Waals surface area contributed by atoms with E-state index in [2.05, 4.69) is 24.1 Å². The van der Waals surface area contributed by atoms with Crippen molar-refractivity contribution in [2.75, 3.05) is 25.5 Å². The van der Waals surface area contributed by atoms with Crippen molar-refractivity contribution in [3.05, 3.63) is 16.0 Å². The summed E-state index contributed by atoms with van der Waals surface area (Å²) in [4.78, 5) is 15.9. The first-order chi connectivity index (χ1) is 11.6. The van der Waals surface area contributed by atoms with Gasteiger partial charge in [0.25, 0.3) is 0 Å². The van der Waals surface area contributed by atoms with Crippen LogP contribution in [0.5, 0.6) is 0 Å². The van der Waals surface area contributed by atoms with E-state index in [9.17, 15) is 4.79 Å². The highest BCUT2D eigenvalue weighted by atomic mass is 32.1. The molecule has 0 bridgehead atoms. The number of nitrogens with zero attached hydrogens (tertiary/aromatic N) is 1. The molecule has 24 heavy (non-hydrogen) atoms. The molecular weight excluding hydrogens is 340 g/mol. The molecule has 4 nitrogen and oxygen atoms in total. The maximum Gasteiger partial charge on any atom is 0.341 e. The summed E-state index contributed by atoms with van der Waals surface area (Å²) in [5.41, 5.74) is 1.88. The second-order valence-electron chi connectivity index (χ2n) is 6.18. The fourth-order valence-corrected chi connectivity index (χ4v) is 4.81. The minimum atomic E-state index is -0.253. The van der Waals surface area contributed by atoms with Crippen LogP contribution in [0.15, 0.2) is 0 Å². The van der Waals surface area contributed by atoms with Gasteiger partial charge in [-0.05, 0) is 56.3 Å². The van der Waals surface area contributed by atoms with Crippen LogP contribution in [0.4, 0.5) is 5.00 Å². The van der Waals surface area contributed by atoms with Gasteiger partial charge < -0.3 is 15.0 Å². The highest BCUT2D eigenvalue weighted by Crippen LogP contribution is 2.38. The Labute approximate surface area is 154 Å². The van der Waals surface area contributed by atoms with E-state index in [4.69, 9.17) is 17.0 Å². The molecule has 0 fully saturated rings. The van der Waals surface area contributed by atoms with Crippen molar-refractivity contribution in [3.8, 4) is 0 Å². The summed E-state index contributed by atoms with van der Waals surface area (Å²) in [6.45, 7) is 6.16. The molecule has 0 aromatic carbocycles. The number of aryl methyl sites for hydroxylation is 1. The predicted molar refractivity (Wildman–Crippen MR) is 105 cm³/mol. The number of carbonyl (C=O) groups is 1. The van der Waals surface area contributed by atoms with Gasteiger partial charge in [-0.2, -0.15) is 0 Å². The van der Waals surface area contributed by atoms with Crippen LogP contribution in [-0.2, 0) is 17.6 Å². The first-order valence-electron chi connectivity index (χ1n) is 8.91. The van der Waals surface area contributed by atoms with Crippen molar-refractivity contribution in [3.63, 3.8) is 0 Å². The summed E-state index contributed by atoms with van der Waals surface area (Å²) in [7, 11) is 1.45. The molecule has 0 atom stereocenters. The third-order valence-electron chi connectivity index (χ3n) is 4.31. The zero-order valence-corrected chi connectivity index (χ0v) is 16.6. The fraction of sp³-hybridized carbons (Fsp3) is 0.667. The number of carbonyl (C=O) groups excluding carboxylic acids is 1. The molecule has 6 heteroatoms. The van der Waals surface area contributed by atoms with E-state index in [1.165, 1.54) is 30.4 Å². The summed E-state index contributed by atoms with van der Waals surface area (Å²) in [6, 6.07) is 0. The summed E-state index contributed by atoms with van der Waals surface area (Å²) in [6.07, 6.45) is 7.65. The monoisotopic (exact) mass is 368 g/mol. The molecule has 1 aromatic heterocycles. The van der Waals surface area contributed by atoms with E-state index < -0.39 is 0 Å². The lowest BCUT2D eigenvalue weighted by molar-refractivity contribution is 0.0601. The molecule has 0 radical (unpaired) electrons. The normalized spacial score (nSPS) is 13.8. The molecule has 2 rings (SSSR count). The molecule has 1 aliphatic rings. The molecule has 0 saturated heterocycles. The number of rotatable bonds is 6. The number of methoxy groups -OCH3 is 1. The topological polar surface area (TPSA) is 41.6 Å². The Balaban J connectivity index is 2.28. The Morgan fingerprint density at radius 3 is 2.50 bits per heavy atom. The van der Waals surface area contributed by atoms with Crippen molar-refractivity contribution < 1.29 is 9.53 Å². The van der Waals surface area contributed by atoms with Crippen molar-refractivity contribution in [1.82, 2.24) is 4.90 Å². The van der Waals surface area contributed by atoms with Crippen LogP contribution in [-0.4, -0.2) is 36.2 Å². The van der Waals surface area contributed by atoms with Gasteiger partial charge in [-0.15, -0.1) is 11.3 Å². The number of hydrogen-bond donors (Lipinski definition) is 1. The van der Waals surface area contributed by atoms with Crippen LogP contribution in [0, 0.1) is 0 Å². The molecule has 134 valence electrons. The number of thiophene rings is 1. The summed E-state index contributed by atoms with van der Waals surface area (Å²) < 4.78 is 5.05. The summed E-state index contributed by atoms with van der Waals surface area (Å²) in [5.74, 6) is -0.253. The van der Waals surface area contributed by atoms with Crippen LogP contribution in [0.1, 0.15) is 66.8 Å². The lowest BCUT2D eigenvalue weighted by Crippen LogP contribution is -2.36. The van der Waals surface area contributed by atoms with Crippen LogP contribution in [0.2, 0.25) is 0 Å². The van der Waals surface area contributed by atoms with Gasteiger partial charge in [0.2, 0.25) is 0 Å². The van der Waals surface area contributed by atoms with Gasteiger partial charge in [0, 0.05) is 18.0 Å². The minimum Gasteiger partial charge on any atom is -0.465 e. The van der Waals surface area contributed by atoms with Gasteiger partial charge >= 0.3 is 5.97 Å². The third-order valence-corrected chi connectivity index (χ3v) is 5.87. The quantitative estimate of drug-likeness (QED) is 0.451. The fourth-order valence-electron chi connectivity index (χ4n) is 3.18. The molecule has 0 unspecified atom stereocenters. The third kappa shape index (κ3) is 4.48. The standard InChI is InChI=1S/C18H28N2O2S2/c1-4-11-20(12-5-2)18(23)19-16-15(17(21)22-3)13-9-7-6-8-10-14(13)24-16/h4-12H2,1-3H3,(H,19,23). The molecule has 1 aliphatic carbocycles. The number of anilines is 1. The van der Waals surface area contributed by atoms with Crippen molar-refractivity contribution in [1.29, 1.82) is 0 Å². The van der Waals surface area contributed by atoms with Crippen LogP contribution >= 0.6 is 23.6 Å². The van der Waals surface area contributed by atoms with Crippen LogP contribution < -0.4 is 5.32 Å². The van der Waals surface area contributed by atoms with E-state index in [-0.39, 0.29) is 5.97 Å². The van der Waals surface area contributed by atoms with Gasteiger partial charge in [-0.3, -0.25) is 0 Å². The molecule has 0 amide bonds. The average molecular weight is 369 g/mol. The Bertz CT molecular complexity index is 578. The van der Waals surface area contributed by atoms with Gasteiger partial charge in [0.15, 0.2) is 5.11 Å². The molecule has 1 N–H and O–H groups in total. The number of thiocarbonyl (C=S) groups is 1. The van der Waals surface area contributed by atoms with E-state index in [1.54, 1.807) is 11.3 Å². The molecule has 1 heterocycles. The lowest BCUT2D eigenvalue weighted by Gasteiger charge is -2.24. The van der Waals surface area contributed by atoms with E-state index in [0.29, 0.717) is 10.7 Å². The predicted octanol–water partition coefficient (Wildman–Crippen LogP) is 4.62. The molecule has 0 saturated carbocycles. The van der Waals surface area contributed by atoms with Gasteiger partial charge in [0.05, 0.1) is 12.7 Å². The molecule has 0 aliphatic heterocycles. The molecule has 0 spiro atoms. The zero-order chi connectivity index (χ0) is 17.5. The summed E-state index contributed by atoms with van der Waals surface area (Å²) >= 11 is 7.28. The Morgan fingerprint density at radius 1 is 1.21 bits per heavy atom. The second kappa shape index (κ2) is 9.37. The first kappa shape index (κ1) is 19.2. The Morgan fingerprint density at radius 2 is 1.88 bits per heavy atom. The van der Waals surface area contributed by atoms with Crippen LogP contribution in [0.3, 0.4) is 0 Å². The Kier molecular flexibility index (Phi) is 7.49. The SMILES string of the molecule is CCCN(CCC)C(=S)Nc1sc2c(c1C(=O)OC)CCCCC2. The van der Waals surface area contributed by atoms with E-state index in [1.807, 2.05) is 0 Å². The van der Waals surface area contributed by atoms with Gasteiger partial charge in [-0.25, -0.2) is 4.79 Å². The van der Waals surface area contributed by atoms with E-state index >= 15 is 0 Å². The van der Waals surface area contributed by atoms with Crippen molar-refractivity contribution in [2.45, 2.75) is 58.8 Å². The Hall–Kier alpha value is -1.14. The average Bonchev–Trinajstić information content (AvgIpc) is 2.75. The number of esters is 1. The highest BCUT2D eigenvalue weighted by Gasteiger charge is 2.26. The van der Waals surface area contributed by atoms with Gasteiger partial charge in [-0.1, -0.05) is 20.3 Å². The second-order valence-corrected chi connectivity index (χ2v) is 7.67. The minimum absolute atomic E-state index is 0.253. The number of hydrogen-bond acceptors (Lipinski definition) is 4. The molecular formula is C18H28N2O2S2. The van der Waals surface area contributed by atoms with Crippen molar-refractivity contribution in [2.24, 2.45) is 0 Å². The number of ether oxygens (including phenoxy) is 1.